The van der Waals surface area contributed by atoms with Crippen LogP contribution in [0.1, 0.15) is 25.7 Å². The highest BCUT2D eigenvalue weighted by Gasteiger charge is 2.24. The summed E-state index contributed by atoms with van der Waals surface area (Å²) in [6, 6.07) is 5.29. The van der Waals surface area contributed by atoms with E-state index in [0.29, 0.717) is 36.1 Å². The second-order valence-electron chi connectivity index (χ2n) is 7.27. The first kappa shape index (κ1) is 21.0. The minimum Gasteiger partial charge on any atom is -0.497 e. The van der Waals surface area contributed by atoms with Crippen LogP contribution in [0.3, 0.4) is 0 Å². The van der Waals surface area contributed by atoms with Crippen molar-refractivity contribution in [2.24, 2.45) is 5.92 Å². The Morgan fingerprint density at radius 3 is 2.44 bits per heavy atom. The van der Waals surface area contributed by atoms with E-state index in [9.17, 15) is 9.59 Å². The summed E-state index contributed by atoms with van der Waals surface area (Å²) in [5.41, 5.74) is 0.655. The first-order chi connectivity index (χ1) is 12.9. The van der Waals surface area contributed by atoms with Crippen molar-refractivity contribution in [3.05, 3.63) is 18.2 Å². The summed E-state index contributed by atoms with van der Waals surface area (Å²) in [6.07, 6.45) is 3.27. The molecule has 0 saturated carbocycles. The first-order valence-electron chi connectivity index (χ1n) is 9.36. The Bertz CT molecular complexity index is 626. The number of hydrogen-bond donors (Lipinski definition) is 1. The number of carbonyl (C=O) groups excluding carboxylic acids is 2. The lowest BCUT2D eigenvalue weighted by atomic mass is 9.93. The van der Waals surface area contributed by atoms with E-state index in [1.54, 1.807) is 32.4 Å². The van der Waals surface area contributed by atoms with E-state index in [1.807, 2.05) is 23.9 Å². The highest BCUT2D eigenvalue weighted by Crippen LogP contribution is 2.26. The van der Waals surface area contributed by atoms with Crippen LogP contribution in [-0.4, -0.2) is 69.6 Å². The topological polar surface area (TPSA) is 71.1 Å². The fraction of sp³-hybridized carbons (Fsp3) is 0.600. The monoisotopic (exact) mass is 377 g/mol. The molecule has 2 amide bonds. The van der Waals surface area contributed by atoms with Gasteiger partial charge in [-0.1, -0.05) is 0 Å². The maximum absolute atomic E-state index is 12.3. The number of amides is 2. The molecule has 1 N–H and O–H groups in total. The zero-order valence-corrected chi connectivity index (χ0v) is 16.8. The lowest BCUT2D eigenvalue weighted by molar-refractivity contribution is -0.133. The number of rotatable bonds is 8. The molecule has 1 saturated heterocycles. The van der Waals surface area contributed by atoms with E-state index in [1.165, 1.54) is 0 Å². The molecule has 1 heterocycles. The van der Waals surface area contributed by atoms with Gasteiger partial charge in [0.25, 0.3) is 0 Å². The summed E-state index contributed by atoms with van der Waals surface area (Å²) >= 11 is 0. The maximum Gasteiger partial charge on any atom is 0.236 e. The maximum atomic E-state index is 12.3. The fourth-order valence-corrected chi connectivity index (χ4v) is 3.34. The normalized spacial score (nSPS) is 16.9. The van der Waals surface area contributed by atoms with Crippen molar-refractivity contribution in [3.8, 4) is 11.5 Å². The molecule has 0 spiro atoms. The van der Waals surface area contributed by atoms with Gasteiger partial charge in [-0.05, 0) is 39.3 Å². The molecular formula is C20H31N3O4. The molecule has 27 heavy (non-hydrogen) atoms. The molecular weight excluding hydrogens is 346 g/mol. The van der Waals surface area contributed by atoms with E-state index in [-0.39, 0.29) is 11.8 Å². The molecule has 1 aliphatic heterocycles. The van der Waals surface area contributed by atoms with Gasteiger partial charge >= 0.3 is 0 Å². The van der Waals surface area contributed by atoms with Crippen molar-refractivity contribution in [2.45, 2.75) is 25.7 Å². The Hall–Kier alpha value is -2.28. The molecule has 7 heteroatoms. The van der Waals surface area contributed by atoms with Gasteiger partial charge in [-0.25, -0.2) is 0 Å². The number of likely N-dealkylation sites (tertiary alicyclic amines) is 1. The standard InChI is InChI=1S/C20H31N3O4/c1-22(2)14-20(25)23-9-5-6-15(13-23)7-8-19(24)21-16-10-17(26-3)12-18(11-16)27-4/h10-12,15H,5-9,13-14H2,1-4H3,(H,21,24). The summed E-state index contributed by atoms with van der Waals surface area (Å²) in [5, 5.41) is 2.90. The van der Waals surface area contributed by atoms with E-state index >= 15 is 0 Å². The third-order valence-electron chi connectivity index (χ3n) is 4.74. The van der Waals surface area contributed by atoms with Gasteiger partial charge in [0.1, 0.15) is 11.5 Å². The Morgan fingerprint density at radius 2 is 1.85 bits per heavy atom. The van der Waals surface area contributed by atoms with Crippen LogP contribution in [0.15, 0.2) is 18.2 Å². The van der Waals surface area contributed by atoms with Crippen LogP contribution in [-0.2, 0) is 9.59 Å². The number of nitrogens with one attached hydrogen (secondary N) is 1. The molecule has 1 aliphatic rings. The number of carbonyl (C=O) groups is 2. The number of ether oxygens (including phenoxy) is 2. The average Bonchev–Trinajstić information content (AvgIpc) is 2.65. The average molecular weight is 377 g/mol. The zero-order valence-electron chi connectivity index (χ0n) is 16.8. The molecule has 1 aromatic carbocycles. The summed E-state index contributed by atoms with van der Waals surface area (Å²) in [7, 11) is 6.95. The molecule has 0 aliphatic carbocycles. The number of hydrogen-bond acceptors (Lipinski definition) is 5. The number of nitrogens with zero attached hydrogens (tertiary/aromatic N) is 2. The first-order valence-corrected chi connectivity index (χ1v) is 9.36. The molecule has 1 unspecified atom stereocenters. The molecule has 2 rings (SSSR count). The molecule has 7 nitrogen and oxygen atoms in total. The van der Waals surface area contributed by atoms with E-state index in [4.69, 9.17) is 9.47 Å². The number of anilines is 1. The number of methoxy groups -OCH3 is 2. The third-order valence-corrected chi connectivity index (χ3v) is 4.74. The van der Waals surface area contributed by atoms with Crippen molar-refractivity contribution < 1.29 is 19.1 Å². The highest BCUT2D eigenvalue weighted by molar-refractivity contribution is 5.91. The molecule has 150 valence electrons. The summed E-state index contributed by atoms with van der Waals surface area (Å²) in [5.74, 6) is 1.76. The lowest BCUT2D eigenvalue weighted by Gasteiger charge is -2.33. The fourth-order valence-electron chi connectivity index (χ4n) is 3.34. The van der Waals surface area contributed by atoms with E-state index < -0.39 is 0 Å². The summed E-state index contributed by atoms with van der Waals surface area (Å²) in [4.78, 5) is 28.4. The Kier molecular flexibility index (Phi) is 7.91. The summed E-state index contributed by atoms with van der Waals surface area (Å²) < 4.78 is 10.4. The van der Waals surface area contributed by atoms with Gasteiger partial charge in [0, 0.05) is 43.4 Å². The minimum absolute atomic E-state index is 0.0398. The van der Waals surface area contributed by atoms with Gasteiger partial charge < -0.3 is 24.6 Å². The number of benzene rings is 1. The second kappa shape index (κ2) is 10.2. The number of piperidine rings is 1. The van der Waals surface area contributed by atoms with Gasteiger partial charge in [-0.2, -0.15) is 0 Å². The van der Waals surface area contributed by atoms with Gasteiger partial charge in [-0.3, -0.25) is 9.59 Å². The van der Waals surface area contributed by atoms with E-state index in [2.05, 4.69) is 5.32 Å². The van der Waals surface area contributed by atoms with E-state index in [0.717, 1.165) is 32.4 Å². The van der Waals surface area contributed by atoms with Gasteiger partial charge in [0.05, 0.1) is 20.8 Å². The van der Waals surface area contributed by atoms with Crippen molar-refractivity contribution in [3.63, 3.8) is 0 Å². The quantitative estimate of drug-likeness (QED) is 0.752. The van der Waals surface area contributed by atoms with Gasteiger partial charge in [0.2, 0.25) is 11.8 Å². The predicted molar refractivity (Wildman–Crippen MR) is 105 cm³/mol. The van der Waals surface area contributed by atoms with Crippen molar-refractivity contribution in [1.82, 2.24) is 9.80 Å². The van der Waals surface area contributed by atoms with Crippen LogP contribution in [0.25, 0.3) is 0 Å². The zero-order chi connectivity index (χ0) is 19.8. The third kappa shape index (κ3) is 6.75. The number of likely N-dealkylation sites (N-methyl/N-ethyl adjacent to an activating group) is 1. The molecule has 1 fully saturated rings. The van der Waals surface area contributed by atoms with Crippen LogP contribution in [0.5, 0.6) is 11.5 Å². The van der Waals surface area contributed by atoms with Crippen molar-refractivity contribution in [1.29, 1.82) is 0 Å². The Labute approximate surface area is 161 Å². The smallest absolute Gasteiger partial charge is 0.236 e. The highest BCUT2D eigenvalue weighted by atomic mass is 16.5. The minimum atomic E-state index is -0.0398. The molecule has 0 radical (unpaired) electrons. The van der Waals surface area contributed by atoms with Crippen LogP contribution in [0.4, 0.5) is 5.69 Å². The Balaban J connectivity index is 1.84. The van der Waals surface area contributed by atoms with Gasteiger partial charge in [-0.15, -0.1) is 0 Å². The molecule has 0 bridgehead atoms. The lowest BCUT2D eigenvalue weighted by Crippen LogP contribution is -2.43. The van der Waals surface area contributed by atoms with Crippen molar-refractivity contribution in [2.75, 3.05) is 53.3 Å². The predicted octanol–water partition coefficient (Wildman–Crippen LogP) is 2.22. The van der Waals surface area contributed by atoms with Gasteiger partial charge in [0.15, 0.2) is 0 Å². The molecule has 1 atom stereocenters. The van der Waals surface area contributed by atoms with Crippen LogP contribution in [0.2, 0.25) is 0 Å². The molecule has 1 aromatic rings. The SMILES string of the molecule is COc1cc(NC(=O)CCC2CCCN(C(=O)CN(C)C)C2)cc(OC)c1. The second-order valence-corrected chi connectivity index (χ2v) is 7.27. The van der Waals surface area contributed by atoms with Crippen LogP contribution < -0.4 is 14.8 Å². The van der Waals surface area contributed by atoms with Crippen LogP contribution in [0, 0.1) is 5.92 Å². The molecule has 0 aromatic heterocycles. The van der Waals surface area contributed by atoms with Crippen LogP contribution >= 0.6 is 0 Å². The summed E-state index contributed by atoms with van der Waals surface area (Å²) in [6.45, 7) is 2.00. The van der Waals surface area contributed by atoms with Crippen molar-refractivity contribution >= 4 is 17.5 Å². The largest absolute Gasteiger partial charge is 0.497 e. The Morgan fingerprint density at radius 1 is 1.19 bits per heavy atom.